The van der Waals surface area contributed by atoms with Gasteiger partial charge in [-0.3, -0.25) is 0 Å². The van der Waals surface area contributed by atoms with Gasteiger partial charge in [0.25, 0.3) is 0 Å². The van der Waals surface area contributed by atoms with Crippen molar-refractivity contribution in [3.8, 4) is 0 Å². The molecule has 1 aromatic carbocycles. The maximum atomic E-state index is 12.2. The molecule has 1 aromatic rings. The van der Waals surface area contributed by atoms with E-state index in [4.69, 9.17) is 9.47 Å². The first-order valence-corrected chi connectivity index (χ1v) is 7.73. The standard InChI is InChI=1S/C18H20O6/c1-17(24-14(20)8-7-12-5-3-2-4-6-12)11-13(19)18(22)9-10-23-16(21)15(17)18/h2-10,13,15-16,19,21-22H,11H2,1H3/b8-7+/t13-,15-,16?,17+,18-/m1/s1. The first-order valence-electron chi connectivity index (χ1n) is 7.73. The summed E-state index contributed by atoms with van der Waals surface area (Å²) in [6.45, 7) is 1.57. The van der Waals surface area contributed by atoms with Crippen LogP contribution < -0.4 is 0 Å². The molecule has 0 radical (unpaired) electrons. The Morgan fingerprint density at radius 3 is 2.75 bits per heavy atom. The van der Waals surface area contributed by atoms with Gasteiger partial charge in [0.2, 0.25) is 6.29 Å². The molecule has 0 aromatic heterocycles. The Hall–Kier alpha value is -2.15. The van der Waals surface area contributed by atoms with E-state index in [1.54, 1.807) is 13.0 Å². The topological polar surface area (TPSA) is 96.2 Å². The third-order valence-corrected chi connectivity index (χ3v) is 4.67. The summed E-state index contributed by atoms with van der Waals surface area (Å²) in [6.07, 6.45) is 2.75. The van der Waals surface area contributed by atoms with Crippen LogP contribution in [0.2, 0.25) is 0 Å². The van der Waals surface area contributed by atoms with Crippen molar-refractivity contribution in [2.75, 3.05) is 0 Å². The van der Waals surface area contributed by atoms with E-state index in [0.717, 1.165) is 11.8 Å². The second-order valence-electron chi connectivity index (χ2n) is 6.39. The first kappa shape index (κ1) is 16.7. The molecule has 1 aliphatic carbocycles. The Morgan fingerprint density at radius 2 is 2.04 bits per heavy atom. The number of hydrogen-bond acceptors (Lipinski definition) is 6. The van der Waals surface area contributed by atoms with Crippen LogP contribution in [-0.4, -0.2) is 44.9 Å². The fourth-order valence-electron chi connectivity index (χ4n) is 3.52. The molecule has 1 fully saturated rings. The minimum absolute atomic E-state index is 0.0101. The molecule has 6 heteroatoms. The maximum absolute atomic E-state index is 12.2. The lowest BCUT2D eigenvalue weighted by atomic mass is 9.81. The van der Waals surface area contributed by atoms with E-state index in [2.05, 4.69) is 0 Å². The number of ether oxygens (including phenoxy) is 2. The molecule has 0 bridgehead atoms. The van der Waals surface area contributed by atoms with Gasteiger partial charge >= 0.3 is 5.97 Å². The lowest BCUT2D eigenvalue weighted by molar-refractivity contribution is -0.211. The summed E-state index contributed by atoms with van der Waals surface area (Å²) >= 11 is 0. The number of esters is 1. The SMILES string of the molecule is C[C@]1(OC(=O)/C=C/c2ccccc2)C[C@@H](O)[C@]2(O)C=COC(O)[C@@H]21. The third kappa shape index (κ3) is 2.84. The Morgan fingerprint density at radius 1 is 1.33 bits per heavy atom. The van der Waals surface area contributed by atoms with E-state index in [-0.39, 0.29) is 6.42 Å². The van der Waals surface area contributed by atoms with E-state index in [1.165, 1.54) is 12.2 Å². The number of aliphatic hydroxyl groups excluding tert-OH is 2. The Labute approximate surface area is 139 Å². The van der Waals surface area contributed by atoms with Crippen molar-refractivity contribution in [1.29, 1.82) is 0 Å². The van der Waals surface area contributed by atoms with Crippen LogP contribution in [0.15, 0.2) is 48.7 Å². The monoisotopic (exact) mass is 332 g/mol. The fourth-order valence-corrected chi connectivity index (χ4v) is 3.52. The summed E-state index contributed by atoms with van der Waals surface area (Å²) in [4.78, 5) is 12.2. The highest BCUT2D eigenvalue weighted by atomic mass is 16.6. The van der Waals surface area contributed by atoms with Crippen molar-refractivity contribution in [1.82, 2.24) is 0 Å². The smallest absolute Gasteiger partial charge is 0.331 e. The van der Waals surface area contributed by atoms with Crippen molar-refractivity contribution in [2.45, 2.75) is 36.9 Å². The average Bonchev–Trinajstić information content (AvgIpc) is 2.73. The molecule has 0 saturated heterocycles. The molecule has 6 nitrogen and oxygen atoms in total. The highest BCUT2D eigenvalue weighted by Gasteiger charge is 2.65. The zero-order chi connectivity index (χ0) is 17.4. The second kappa shape index (κ2) is 6.05. The molecule has 5 atom stereocenters. The zero-order valence-electron chi connectivity index (χ0n) is 13.2. The van der Waals surface area contributed by atoms with Crippen LogP contribution in [0.5, 0.6) is 0 Å². The van der Waals surface area contributed by atoms with Crippen LogP contribution >= 0.6 is 0 Å². The molecule has 2 aliphatic rings. The summed E-state index contributed by atoms with van der Waals surface area (Å²) in [6, 6.07) is 9.25. The van der Waals surface area contributed by atoms with Crippen LogP contribution in [-0.2, 0) is 14.3 Å². The molecular formula is C18H20O6. The molecule has 24 heavy (non-hydrogen) atoms. The molecule has 0 spiro atoms. The molecule has 3 N–H and O–H groups in total. The predicted molar refractivity (Wildman–Crippen MR) is 85.3 cm³/mol. The highest BCUT2D eigenvalue weighted by molar-refractivity contribution is 5.87. The van der Waals surface area contributed by atoms with Crippen molar-refractivity contribution in [2.24, 2.45) is 5.92 Å². The summed E-state index contributed by atoms with van der Waals surface area (Å²) in [5, 5.41) is 30.9. The summed E-state index contributed by atoms with van der Waals surface area (Å²) < 4.78 is 10.5. The number of fused-ring (bicyclic) bond motifs is 1. The predicted octanol–water partition coefficient (Wildman–Crippen LogP) is 0.976. The molecular weight excluding hydrogens is 312 g/mol. The van der Waals surface area contributed by atoms with Gasteiger partial charge in [-0.1, -0.05) is 30.3 Å². The number of rotatable bonds is 3. The molecule has 1 unspecified atom stereocenters. The normalized spacial score (nSPS) is 37.9. The summed E-state index contributed by atoms with van der Waals surface area (Å²) in [7, 11) is 0. The Balaban J connectivity index is 1.77. The Kier molecular flexibility index (Phi) is 4.21. The van der Waals surface area contributed by atoms with E-state index in [0.29, 0.717) is 0 Å². The van der Waals surface area contributed by atoms with Gasteiger partial charge in [-0.15, -0.1) is 0 Å². The minimum Gasteiger partial charge on any atom is -0.472 e. The molecule has 3 rings (SSSR count). The summed E-state index contributed by atoms with van der Waals surface area (Å²) in [5.74, 6) is -1.61. The molecule has 1 saturated carbocycles. The maximum Gasteiger partial charge on any atom is 0.331 e. The second-order valence-corrected chi connectivity index (χ2v) is 6.39. The lowest BCUT2D eigenvalue weighted by Crippen LogP contribution is -2.54. The van der Waals surface area contributed by atoms with Crippen LogP contribution in [0.25, 0.3) is 6.08 Å². The number of carbonyl (C=O) groups is 1. The van der Waals surface area contributed by atoms with Gasteiger partial charge in [-0.05, 0) is 24.6 Å². The van der Waals surface area contributed by atoms with Gasteiger partial charge in [0.05, 0.1) is 18.3 Å². The van der Waals surface area contributed by atoms with Crippen molar-refractivity contribution in [3.63, 3.8) is 0 Å². The van der Waals surface area contributed by atoms with Crippen molar-refractivity contribution >= 4 is 12.0 Å². The van der Waals surface area contributed by atoms with Crippen LogP contribution in [0.3, 0.4) is 0 Å². The molecule has 1 aliphatic heterocycles. The minimum atomic E-state index is -1.70. The zero-order valence-corrected chi connectivity index (χ0v) is 13.2. The van der Waals surface area contributed by atoms with Gasteiger partial charge in [0.1, 0.15) is 11.2 Å². The molecule has 0 amide bonds. The van der Waals surface area contributed by atoms with E-state index >= 15 is 0 Å². The van der Waals surface area contributed by atoms with Crippen LogP contribution in [0, 0.1) is 5.92 Å². The van der Waals surface area contributed by atoms with E-state index in [9.17, 15) is 20.1 Å². The fraction of sp³-hybridized carbons (Fsp3) is 0.389. The van der Waals surface area contributed by atoms with Gasteiger partial charge < -0.3 is 24.8 Å². The van der Waals surface area contributed by atoms with Crippen LogP contribution in [0.1, 0.15) is 18.9 Å². The largest absolute Gasteiger partial charge is 0.472 e. The Bertz CT molecular complexity index is 669. The number of carbonyl (C=O) groups excluding carboxylic acids is 1. The van der Waals surface area contributed by atoms with Crippen molar-refractivity contribution in [3.05, 3.63) is 54.3 Å². The highest BCUT2D eigenvalue weighted by Crippen LogP contribution is 2.50. The van der Waals surface area contributed by atoms with Gasteiger partial charge in [-0.25, -0.2) is 4.79 Å². The average molecular weight is 332 g/mol. The number of aliphatic hydroxyl groups is 3. The third-order valence-electron chi connectivity index (χ3n) is 4.67. The van der Waals surface area contributed by atoms with Crippen LogP contribution in [0.4, 0.5) is 0 Å². The van der Waals surface area contributed by atoms with Gasteiger partial charge in [-0.2, -0.15) is 0 Å². The number of benzene rings is 1. The van der Waals surface area contributed by atoms with Gasteiger partial charge in [0, 0.05) is 12.5 Å². The van der Waals surface area contributed by atoms with Crippen molar-refractivity contribution < 1.29 is 29.6 Å². The quantitative estimate of drug-likeness (QED) is 0.564. The lowest BCUT2D eigenvalue weighted by Gasteiger charge is -2.40. The number of hydrogen-bond donors (Lipinski definition) is 3. The van der Waals surface area contributed by atoms with E-state index < -0.39 is 35.5 Å². The van der Waals surface area contributed by atoms with E-state index in [1.807, 2.05) is 30.3 Å². The first-order chi connectivity index (χ1) is 11.3. The molecule has 1 heterocycles. The molecule has 128 valence electrons. The summed E-state index contributed by atoms with van der Waals surface area (Å²) in [5.41, 5.74) is -2.13. The van der Waals surface area contributed by atoms with Gasteiger partial charge in [0.15, 0.2) is 0 Å².